The van der Waals surface area contributed by atoms with Crippen LogP contribution in [0.25, 0.3) is 0 Å². The van der Waals surface area contributed by atoms with E-state index in [1.54, 1.807) is 0 Å². The van der Waals surface area contributed by atoms with Crippen molar-refractivity contribution in [3.8, 4) is 0 Å². The maximum absolute atomic E-state index is 12.7. The number of nitrogens with one attached hydrogen (secondary N) is 1. The summed E-state index contributed by atoms with van der Waals surface area (Å²) in [7, 11) is 0. The average molecular weight is 336 g/mol. The molecule has 1 fully saturated rings. The second-order valence-electron chi connectivity index (χ2n) is 5.12. The summed E-state index contributed by atoms with van der Waals surface area (Å²) in [5, 5.41) is 3.24. The van der Waals surface area contributed by atoms with Crippen LogP contribution in [-0.4, -0.2) is 6.04 Å². The molecule has 5 heteroatoms. The normalized spacial score (nSPS) is 23.6. The molecule has 2 unspecified atom stereocenters. The van der Waals surface area contributed by atoms with Crippen LogP contribution in [0.15, 0.2) is 22.7 Å². The fourth-order valence-electron chi connectivity index (χ4n) is 2.61. The van der Waals surface area contributed by atoms with Crippen LogP contribution in [0.1, 0.15) is 38.2 Å². The van der Waals surface area contributed by atoms with Crippen LogP contribution in [0.2, 0.25) is 0 Å². The van der Waals surface area contributed by atoms with Gasteiger partial charge in [-0.1, -0.05) is 13.3 Å². The SMILES string of the molecule is CCC1CCC(Nc2cc(C(F)(F)F)ccc2Br)C1. The Balaban J connectivity index is 2.12. The van der Waals surface area contributed by atoms with Crippen molar-refractivity contribution in [2.24, 2.45) is 5.92 Å². The molecule has 2 rings (SSSR count). The second-order valence-corrected chi connectivity index (χ2v) is 5.98. The first-order valence-electron chi connectivity index (χ1n) is 6.53. The van der Waals surface area contributed by atoms with Crippen molar-refractivity contribution >= 4 is 21.6 Å². The average Bonchev–Trinajstić information content (AvgIpc) is 2.78. The van der Waals surface area contributed by atoms with Crippen LogP contribution < -0.4 is 5.32 Å². The summed E-state index contributed by atoms with van der Waals surface area (Å²) in [5.74, 6) is 0.696. The zero-order valence-electron chi connectivity index (χ0n) is 10.7. The highest BCUT2D eigenvalue weighted by molar-refractivity contribution is 9.10. The predicted molar refractivity (Wildman–Crippen MR) is 74.2 cm³/mol. The summed E-state index contributed by atoms with van der Waals surface area (Å²) in [6.07, 6.45) is 0.0752. The van der Waals surface area contributed by atoms with Crippen LogP contribution in [0.5, 0.6) is 0 Å². The smallest absolute Gasteiger partial charge is 0.381 e. The van der Waals surface area contributed by atoms with E-state index in [-0.39, 0.29) is 6.04 Å². The summed E-state index contributed by atoms with van der Waals surface area (Å²) in [4.78, 5) is 0. The Hall–Kier alpha value is -0.710. The molecule has 19 heavy (non-hydrogen) atoms. The minimum Gasteiger partial charge on any atom is -0.381 e. The third-order valence-corrected chi connectivity index (χ3v) is 4.46. The molecule has 0 aliphatic heterocycles. The fraction of sp³-hybridized carbons (Fsp3) is 0.571. The molecular weight excluding hydrogens is 319 g/mol. The summed E-state index contributed by atoms with van der Waals surface area (Å²) in [6, 6.07) is 4.02. The third-order valence-electron chi connectivity index (χ3n) is 3.77. The van der Waals surface area contributed by atoms with Crippen LogP contribution in [-0.2, 0) is 6.18 Å². The van der Waals surface area contributed by atoms with E-state index in [2.05, 4.69) is 28.2 Å². The summed E-state index contributed by atoms with van der Waals surface area (Å²) >= 11 is 3.31. The van der Waals surface area contributed by atoms with E-state index < -0.39 is 11.7 Å². The van der Waals surface area contributed by atoms with Crippen molar-refractivity contribution in [3.63, 3.8) is 0 Å². The van der Waals surface area contributed by atoms with Crippen molar-refractivity contribution in [1.29, 1.82) is 0 Å². The molecule has 1 aromatic rings. The maximum Gasteiger partial charge on any atom is 0.416 e. The molecule has 1 aromatic carbocycles. The molecule has 0 bridgehead atoms. The van der Waals surface area contributed by atoms with Crippen molar-refractivity contribution in [1.82, 2.24) is 0 Å². The molecule has 106 valence electrons. The molecule has 1 N–H and O–H groups in total. The van der Waals surface area contributed by atoms with Gasteiger partial charge in [-0.05, 0) is 59.3 Å². The number of hydrogen-bond donors (Lipinski definition) is 1. The number of benzene rings is 1. The Morgan fingerprint density at radius 3 is 2.63 bits per heavy atom. The minimum atomic E-state index is -4.29. The monoisotopic (exact) mass is 335 g/mol. The fourth-order valence-corrected chi connectivity index (χ4v) is 2.97. The van der Waals surface area contributed by atoms with Gasteiger partial charge >= 0.3 is 6.18 Å². The molecule has 1 nitrogen and oxygen atoms in total. The molecule has 1 saturated carbocycles. The zero-order chi connectivity index (χ0) is 14.0. The van der Waals surface area contributed by atoms with Gasteiger partial charge in [0.15, 0.2) is 0 Å². The number of halogens is 4. The Kier molecular flexibility index (Phi) is 4.43. The van der Waals surface area contributed by atoms with Gasteiger partial charge in [-0.3, -0.25) is 0 Å². The molecule has 0 heterocycles. The number of anilines is 1. The van der Waals surface area contributed by atoms with Crippen LogP contribution in [0, 0.1) is 5.92 Å². The minimum absolute atomic E-state index is 0.282. The largest absolute Gasteiger partial charge is 0.416 e. The van der Waals surface area contributed by atoms with Crippen LogP contribution in [0.3, 0.4) is 0 Å². The van der Waals surface area contributed by atoms with Crippen molar-refractivity contribution in [2.75, 3.05) is 5.32 Å². The van der Waals surface area contributed by atoms with Gasteiger partial charge in [-0.25, -0.2) is 0 Å². The lowest BCUT2D eigenvalue weighted by atomic mass is 10.1. The molecule has 0 aromatic heterocycles. The number of alkyl halides is 3. The van der Waals surface area contributed by atoms with E-state index in [0.29, 0.717) is 16.1 Å². The van der Waals surface area contributed by atoms with Gasteiger partial charge in [0.1, 0.15) is 0 Å². The first kappa shape index (κ1) is 14.7. The van der Waals surface area contributed by atoms with E-state index in [9.17, 15) is 13.2 Å². The van der Waals surface area contributed by atoms with Gasteiger partial charge in [0.2, 0.25) is 0 Å². The lowest BCUT2D eigenvalue weighted by molar-refractivity contribution is -0.137. The number of rotatable bonds is 3. The van der Waals surface area contributed by atoms with Gasteiger partial charge < -0.3 is 5.32 Å². The highest BCUT2D eigenvalue weighted by Crippen LogP contribution is 2.36. The molecule has 2 atom stereocenters. The van der Waals surface area contributed by atoms with E-state index >= 15 is 0 Å². The Morgan fingerprint density at radius 1 is 1.32 bits per heavy atom. The molecule has 1 aliphatic rings. The van der Waals surface area contributed by atoms with Gasteiger partial charge in [-0.2, -0.15) is 13.2 Å². The van der Waals surface area contributed by atoms with Crippen molar-refractivity contribution < 1.29 is 13.2 Å². The topological polar surface area (TPSA) is 12.0 Å². The standard InChI is InChI=1S/C14H17BrF3N/c1-2-9-3-5-11(7-9)19-13-8-10(14(16,17)18)4-6-12(13)15/h4,6,8-9,11,19H,2-3,5,7H2,1H3. The Morgan fingerprint density at radius 2 is 2.05 bits per heavy atom. The molecule has 0 amide bonds. The summed E-state index contributed by atoms with van der Waals surface area (Å²) < 4.78 is 38.7. The zero-order valence-corrected chi connectivity index (χ0v) is 12.3. The highest BCUT2D eigenvalue weighted by atomic mass is 79.9. The lowest BCUT2D eigenvalue weighted by Crippen LogP contribution is -2.16. The van der Waals surface area contributed by atoms with E-state index in [0.717, 1.165) is 31.7 Å². The summed E-state index contributed by atoms with van der Waals surface area (Å²) in [6.45, 7) is 2.16. The number of hydrogen-bond acceptors (Lipinski definition) is 1. The first-order chi connectivity index (χ1) is 8.90. The molecule has 0 spiro atoms. The molecular formula is C14H17BrF3N. The van der Waals surface area contributed by atoms with E-state index in [1.165, 1.54) is 12.1 Å². The third kappa shape index (κ3) is 3.65. The highest BCUT2D eigenvalue weighted by Gasteiger charge is 2.31. The predicted octanol–water partition coefficient (Wildman–Crippen LogP) is 5.46. The lowest BCUT2D eigenvalue weighted by Gasteiger charge is -2.17. The van der Waals surface area contributed by atoms with Crippen LogP contribution in [0.4, 0.5) is 18.9 Å². The van der Waals surface area contributed by atoms with Gasteiger partial charge in [0.25, 0.3) is 0 Å². The quantitative estimate of drug-likeness (QED) is 0.773. The van der Waals surface area contributed by atoms with E-state index in [1.807, 2.05) is 0 Å². The van der Waals surface area contributed by atoms with Gasteiger partial charge in [-0.15, -0.1) is 0 Å². The van der Waals surface area contributed by atoms with Crippen molar-refractivity contribution in [3.05, 3.63) is 28.2 Å². The molecule has 0 saturated heterocycles. The Bertz CT molecular complexity index is 445. The molecule has 1 aliphatic carbocycles. The second kappa shape index (κ2) is 5.73. The summed E-state index contributed by atoms with van der Waals surface area (Å²) in [5.41, 5.74) is -0.0696. The van der Waals surface area contributed by atoms with Gasteiger partial charge in [0, 0.05) is 16.2 Å². The Labute approximate surface area is 119 Å². The van der Waals surface area contributed by atoms with Crippen molar-refractivity contribution in [2.45, 2.75) is 44.8 Å². The first-order valence-corrected chi connectivity index (χ1v) is 7.32. The van der Waals surface area contributed by atoms with Gasteiger partial charge in [0.05, 0.1) is 5.56 Å². The molecule has 0 radical (unpaired) electrons. The van der Waals surface area contributed by atoms with E-state index in [4.69, 9.17) is 0 Å². The van der Waals surface area contributed by atoms with Crippen LogP contribution >= 0.6 is 15.9 Å². The maximum atomic E-state index is 12.7.